The molecular formula is C11H22N6O2. The van der Waals surface area contributed by atoms with Crippen LogP contribution in [0.4, 0.5) is 11.9 Å². The second-order valence-corrected chi connectivity index (χ2v) is 4.44. The highest BCUT2D eigenvalue weighted by Gasteiger charge is 2.19. The Hall–Kier alpha value is -1.67. The molecule has 0 radical (unpaired) electrons. The number of hydrogen-bond acceptors (Lipinski definition) is 8. The second-order valence-electron chi connectivity index (χ2n) is 4.44. The van der Waals surface area contributed by atoms with Gasteiger partial charge in [0.2, 0.25) is 11.9 Å². The molecule has 1 aromatic heterocycles. The van der Waals surface area contributed by atoms with Gasteiger partial charge < -0.3 is 15.2 Å². The van der Waals surface area contributed by atoms with Crippen LogP contribution >= 0.6 is 0 Å². The van der Waals surface area contributed by atoms with Crippen molar-refractivity contribution in [3.05, 3.63) is 0 Å². The standard InChI is InChI=1S/C11H22N6O2/c1-4-6-11(3,18)7-13-8-14-9(17-12)16-10(15-8)19-5-2/h18H,4-7,12H2,1-3H3,(H2,13,14,15,16,17). The number of aliphatic hydroxyl groups is 1. The predicted molar refractivity (Wildman–Crippen MR) is 72.8 cm³/mol. The van der Waals surface area contributed by atoms with Crippen LogP contribution in [0, 0.1) is 0 Å². The number of anilines is 2. The van der Waals surface area contributed by atoms with E-state index in [4.69, 9.17) is 10.6 Å². The molecular weight excluding hydrogens is 248 g/mol. The summed E-state index contributed by atoms with van der Waals surface area (Å²) in [4.78, 5) is 12.0. The van der Waals surface area contributed by atoms with Crippen LogP contribution in [-0.4, -0.2) is 38.8 Å². The molecule has 0 spiro atoms. The molecule has 19 heavy (non-hydrogen) atoms. The summed E-state index contributed by atoms with van der Waals surface area (Å²) in [5.74, 6) is 5.79. The van der Waals surface area contributed by atoms with Crippen LogP contribution in [0.15, 0.2) is 0 Å². The Kier molecular flexibility index (Phi) is 5.71. The van der Waals surface area contributed by atoms with Gasteiger partial charge in [0.25, 0.3) is 0 Å². The Labute approximate surface area is 112 Å². The summed E-state index contributed by atoms with van der Waals surface area (Å²) in [6, 6.07) is 0.183. The lowest BCUT2D eigenvalue weighted by Gasteiger charge is -2.22. The Balaban J connectivity index is 2.74. The summed E-state index contributed by atoms with van der Waals surface area (Å²) in [6.45, 7) is 6.39. The summed E-state index contributed by atoms with van der Waals surface area (Å²) in [5.41, 5.74) is 1.53. The predicted octanol–water partition coefficient (Wildman–Crippen LogP) is 0.519. The Bertz CT molecular complexity index is 399. The van der Waals surface area contributed by atoms with Gasteiger partial charge in [-0.15, -0.1) is 0 Å². The smallest absolute Gasteiger partial charge is 0.323 e. The zero-order chi connectivity index (χ0) is 14.3. The Morgan fingerprint density at radius 1 is 1.26 bits per heavy atom. The van der Waals surface area contributed by atoms with Crippen molar-refractivity contribution in [2.24, 2.45) is 5.84 Å². The normalized spacial score (nSPS) is 13.7. The van der Waals surface area contributed by atoms with E-state index >= 15 is 0 Å². The van der Waals surface area contributed by atoms with Gasteiger partial charge in [0, 0.05) is 6.54 Å². The zero-order valence-corrected chi connectivity index (χ0v) is 11.6. The number of ether oxygens (including phenoxy) is 1. The second kappa shape index (κ2) is 7.05. The van der Waals surface area contributed by atoms with Crippen molar-refractivity contribution in [3.8, 4) is 6.01 Å². The fourth-order valence-corrected chi connectivity index (χ4v) is 1.59. The maximum Gasteiger partial charge on any atom is 0.323 e. The minimum atomic E-state index is -0.816. The van der Waals surface area contributed by atoms with E-state index in [2.05, 4.69) is 25.7 Å². The number of nitrogens with two attached hydrogens (primary N) is 1. The molecule has 0 fully saturated rings. The molecule has 1 heterocycles. The first-order chi connectivity index (χ1) is 9.00. The number of nitrogens with zero attached hydrogens (tertiary/aromatic N) is 3. The first-order valence-corrected chi connectivity index (χ1v) is 6.32. The molecule has 0 amide bonds. The van der Waals surface area contributed by atoms with E-state index in [1.54, 1.807) is 6.92 Å². The van der Waals surface area contributed by atoms with Gasteiger partial charge in [0.15, 0.2) is 0 Å². The Morgan fingerprint density at radius 3 is 2.53 bits per heavy atom. The van der Waals surface area contributed by atoms with Gasteiger partial charge in [-0.05, 0) is 20.3 Å². The molecule has 1 unspecified atom stereocenters. The highest BCUT2D eigenvalue weighted by atomic mass is 16.5. The quantitative estimate of drug-likeness (QED) is 0.399. The van der Waals surface area contributed by atoms with E-state index in [-0.39, 0.29) is 12.0 Å². The van der Waals surface area contributed by atoms with Gasteiger partial charge in [0.05, 0.1) is 12.2 Å². The molecule has 0 bridgehead atoms. The molecule has 5 N–H and O–H groups in total. The van der Waals surface area contributed by atoms with Gasteiger partial charge in [0.1, 0.15) is 0 Å². The minimum Gasteiger partial charge on any atom is -0.464 e. The van der Waals surface area contributed by atoms with Gasteiger partial charge in [-0.1, -0.05) is 13.3 Å². The first kappa shape index (κ1) is 15.4. The number of hydrazine groups is 1. The maximum absolute atomic E-state index is 10.1. The lowest BCUT2D eigenvalue weighted by molar-refractivity contribution is 0.0635. The van der Waals surface area contributed by atoms with Crippen molar-refractivity contribution in [2.45, 2.75) is 39.2 Å². The molecule has 1 rings (SSSR count). The molecule has 8 nitrogen and oxygen atoms in total. The summed E-state index contributed by atoms with van der Waals surface area (Å²) < 4.78 is 5.21. The van der Waals surface area contributed by atoms with Crippen LogP contribution in [-0.2, 0) is 0 Å². The van der Waals surface area contributed by atoms with E-state index in [9.17, 15) is 5.11 Å². The van der Waals surface area contributed by atoms with E-state index in [0.717, 1.165) is 6.42 Å². The number of aromatic nitrogens is 3. The van der Waals surface area contributed by atoms with Crippen molar-refractivity contribution in [3.63, 3.8) is 0 Å². The average molecular weight is 270 g/mol. The van der Waals surface area contributed by atoms with Crippen LogP contribution in [0.5, 0.6) is 6.01 Å². The van der Waals surface area contributed by atoms with Crippen LogP contribution in [0.2, 0.25) is 0 Å². The summed E-state index contributed by atoms with van der Waals surface area (Å²) in [5, 5.41) is 13.0. The summed E-state index contributed by atoms with van der Waals surface area (Å²) in [6.07, 6.45) is 1.58. The van der Waals surface area contributed by atoms with E-state index in [0.29, 0.717) is 25.5 Å². The van der Waals surface area contributed by atoms with Crippen molar-refractivity contribution in [1.82, 2.24) is 15.0 Å². The molecule has 0 aromatic carbocycles. The lowest BCUT2D eigenvalue weighted by Crippen LogP contribution is -2.33. The van der Waals surface area contributed by atoms with Crippen LogP contribution < -0.4 is 21.3 Å². The number of nitrogen functional groups attached to an aromatic ring is 1. The summed E-state index contributed by atoms with van der Waals surface area (Å²) in [7, 11) is 0. The topological polar surface area (TPSA) is 118 Å². The first-order valence-electron chi connectivity index (χ1n) is 6.32. The molecule has 1 atom stereocenters. The maximum atomic E-state index is 10.1. The Morgan fingerprint density at radius 2 is 1.95 bits per heavy atom. The molecule has 0 saturated heterocycles. The molecule has 1 aromatic rings. The fourth-order valence-electron chi connectivity index (χ4n) is 1.59. The molecule has 0 saturated carbocycles. The van der Waals surface area contributed by atoms with E-state index in [1.807, 2.05) is 13.8 Å². The van der Waals surface area contributed by atoms with Crippen LogP contribution in [0.1, 0.15) is 33.6 Å². The van der Waals surface area contributed by atoms with Crippen molar-refractivity contribution < 1.29 is 9.84 Å². The van der Waals surface area contributed by atoms with Crippen molar-refractivity contribution in [2.75, 3.05) is 23.9 Å². The van der Waals surface area contributed by atoms with Gasteiger partial charge in [-0.2, -0.15) is 15.0 Å². The fraction of sp³-hybridized carbons (Fsp3) is 0.727. The number of hydrogen-bond donors (Lipinski definition) is 4. The molecule has 0 aliphatic heterocycles. The SMILES string of the molecule is CCCC(C)(O)CNc1nc(NN)nc(OCC)n1. The molecule has 0 aliphatic rings. The van der Waals surface area contributed by atoms with Crippen LogP contribution in [0.3, 0.4) is 0 Å². The van der Waals surface area contributed by atoms with Crippen LogP contribution in [0.25, 0.3) is 0 Å². The third-order valence-electron chi connectivity index (χ3n) is 2.43. The van der Waals surface area contributed by atoms with E-state index in [1.165, 1.54) is 0 Å². The van der Waals surface area contributed by atoms with Crippen molar-refractivity contribution >= 4 is 11.9 Å². The zero-order valence-electron chi connectivity index (χ0n) is 11.6. The molecule has 108 valence electrons. The highest BCUT2D eigenvalue weighted by molar-refractivity contribution is 5.35. The van der Waals surface area contributed by atoms with Gasteiger partial charge >= 0.3 is 6.01 Å². The highest BCUT2D eigenvalue weighted by Crippen LogP contribution is 2.14. The molecule has 8 heteroatoms. The van der Waals surface area contributed by atoms with Gasteiger partial charge in [-0.3, -0.25) is 5.43 Å². The number of rotatable bonds is 8. The monoisotopic (exact) mass is 270 g/mol. The lowest BCUT2D eigenvalue weighted by atomic mass is 10.0. The minimum absolute atomic E-state index is 0.183. The average Bonchev–Trinajstić information content (AvgIpc) is 2.36. The number of nitrogens with one attached hydrogen (secondary N) is 2. The third kappa shape index (κ3) is 5.23. The van der Waals surface area contributed by atoms with Gasteiger partial charge in [-0.25, -0.2) is 5.84 Å². The molecule has 0 aliphatic carbocycles. The van der Waals surface area contributed by atoms with Crippen molar-refractivity contribution in [1.29, 1.82) is 0 Å². The summed E-state index contributed by atoms with van der Waals surface area (Å²) >= 11 is 0. The largest absolute Gasteiger partial charge is 0.464 e. The third-order valence-corrected chi connectivity index (χ3v) is 2.43. The van der Waals surface area contributed by atoms with E-state index < -0.39 is 5.60 Å².